The SMILES string of the molecule is CC(C(=O)N1CC(N2CCNCC2)C1)C1CC1. The van der Waals surface area contributed by atoms with Crippen LogP contribution in [0.1, 0.15) is 19.8 Å². The van der Waals surface area contributed by atoms with Crippen LogP contribution < -0.4 is 5.32 Å². The minimum atomic E-state index is 0.277. The molecule has 0 radical (unpaired) electrons. The van der Waals surface area contributed by atoms with Gasteiger partial charge in [0.1, 0.15) is 0 Å². The van der Waals surface area contributed by atoms with Crippen LogP contribution in [-0.4, -0.2) is 61.0 Å². The Hall–Kier alpha value is -0.610. The topological polar surface area (TPSA) is 35.6 Å². The number of hydrogen-bond donors (Lipinski definition) is 1. The van der Waals surface area contributed by atoms with E-state index >= 15 is 0 Å². The zero-order chi connectivity index (χ0) is 11.8. The first-order chi connectivity index (χ1) is 8.25. The molecule has 17 heavy (non-hydrogen) atoms. The van der Waals surface area contributed by atoms with Gasteiger partial charge in [-0.1, -0.05) is 6.92 Å². The first kappa shape index (κ1) is 11.5. The number of amides is 1. The lowest BCUT2D eigenvalue weighted by molar-refractivity contribution is -0.143. The number of carbonyl (C=O) groups excluding carboxylic acids is 1. The third kappa shape index (κ3) is 2.33. The minimum absolute atomic E-state index is 0.277. The summed E-state index contributed by atoms with van der Waals surface area (Å²) < 4.78 is 0. The lowest BCUT2D eigenvalue weighted by Gasteiger charge is -2.47. The van der Waals surface area contributed by atoms with E-state index in [4.69, 9.17) is 0 Å². The van der Waals surface area contributed by atoms with Crippen LogP contribution in [0.2, 0.25) is 0 Å². The number of hydrogen-bond acceptors (Lipinski definition) is 3. The number of rotatable bonds is 3. The number of nitrogens with zero attached hydrogens (tertiary/aromatic N) is 2. The summed E-state index contributed by atoms with van der Waals surface area (Å²) in [7, 11) is 0. The summed E-state index contributed by atoms with van der Waals surface area (Å²) >= 11 is 0. The van der Waals surface area contributed by atoms with E-state index in [-0.39, 0.29) is 5.92 Å². The van der Waals surface area contributed by atoms with E-state index in [1.54, 1.807) is 0 Å². The van der Waals surface area contributed by atoms with E-state index in [1.165, 1.54) is 12.8 Å². The van der Waals surface area contributed by atoms with Crippen molar-refractivity contribution in [2.75, 3.05) is 39.3 Å². The van der Waals surface area contributed by atoms with E-state index in [0.717, 1.165) is 39.3 Å². The van der Waals surface area contributed by atoms with Crippen LogP contribution in [0.25, 0.3) is 0 Å². The molecule has 4 nitrogen and oxygen atoms in total. The van der Waals surface area contributed by atoms with Gasteiger partial charge >= 0.3 is 0 Å². The van der Waals surface area contributed by atoms with Gasteiger partial charge in [0, 0.05) is 51.2 Å². The van der Waals surface area contributed by atoms with Crippen molar-refractivity contribution in [2.24, 2.45) is 11.8 Å². The van der Waals surface area contributed by atoms with Crippen molar-refractivity contribution in [3.05, 3.63) is 0 Å². The van der Waals surface area contributed by atoms with Crippen molar-refractivity contribution in [1.29, 1.82) is 0 Å². The molecule has 0 bridgehead atoms. The van der Waals surface area contributed by atoms with Crippen molar-refractivity contribution >= 4 is 5.91 Å². The average molecular weight is 237 g/mol. The van der Waals surface area contributed by atoms with Gasteiger partial charge in [0.2, 0.25) is 5.91 Å². The van der Waals surface area contributed by atoms with Crippen LogP contribution in [0.5, 0.6) is 0 Å². The Morgan fingerprint density at radius 2 is 1.88 bits per heavy atom. The van der Waals surface area contributed by atoms with Crippen molar-refractivity contribution in [3.8, 4) is 0 Å². The molecular weight excluding hydrogens is 214 g/mol. The summed E-state index contributed by atoms with van der Waals surface area (Å²) in [5, 5.41) is 3.37. The molecular formula is C13H23N3O. The largest absolute Gasteiger partial charge is 0.339 e. The van der Waals surface area contributed by atoms with Crippen molar-refractivity contribution < 1.29 is 4.79 Å². The smallest absolute Gasteiger partial charge is 0.225 e. The maximum Gasteiger partial charge on any atom is 0.225 e. The number of likely N-dealkylation sites (tertiary alicyclic amines) is 1. The maximum absolute atomic E-state index is 12.1. The predicted molar refractivity (Wildman–Crippen MR) is 66.7 cm³/mol. The fourth-order valence-corrected chi connectivity index (χ4v) is 3.00. The summed E-state index contributed by atoms with van der Waals surface area (Å²) in [6.07, 6.45) is 2.53. The Balaban J connectivity index is 1.45. The van der Waals surface area contributed by atoms with Gasteiger partial charge in [0.25, 0.3) is 0 Å². The Labute approximate surface area is 103 Å². The van der Waals surface area contributed by atoms with E-state index < -0.39 is 0 Å². The van der Waals surface area contributed by atoms with E-state index in [1.807, 2.05) is 0 Å². The average Bonchev–Trinajstić information content (AvgIpc) is 3.11. The molecule has 1 N–H and O–H groups in total. The Kier molecular flexibility index (Phi) is 3.09. The molecule has 2 heterocycles. The van der Waals surface area contributed by atoms with Gasteiger partial charge < -0.3 is 10.2 Å². The van der Waals surface area contributed by atoms with Crippen molar-refractivity contribution in [3.63, 3.8) is 0 Å². The normalized spacial score (nSPS) is 28.9. The molecule has 1 amide bonds. The second-order valence-electron chi connectivity index (χ2n) is 5.81. The molecule has 1 aliphatic carbocycles. The van der Waals surface area contributed by atoms with Crippen LogP contribution in [-0.2, 0) is 4.79 Å². The fourth-order valence-electron chi connectivity index (χ4n) is 3.00. The molecule has 0 aromatic heterocycles. The van der Waals surface area contributed by atoms with Gasteiger partial charge in [-0.2, -0.15) is 0 Å². The minimum Gasteiger partial charge on any atom is -0.339 e. The summed E-state index contributed by atoms with van der Waals surface area (Å²) in [6, 6.07) is 0.632. The van der Waals surface area contributed by atoms with Gasteiger partial charge in [-0.05, 0) is 18.8 Å². The van der Waals surface area contributed by atoms with Crippen LogP contribution in [0.4, 0.5) is 0 Å². The number of nitrogens with one attached hydrogen (secondary N) is 1. The molecule has 0 aromatic rings. The number of carbonyl (C=O) groups is 1. The maximum atomic E-state index is 12.1. The summed E-state index contributed by atoms with van der Waals surface area (Å²) in [5.41, 5.74) is 0. The van der Waals surface area contributed by atoms with Crippen LogP contribution in [0.15, 0.2) is 0 Å². The first-order valence-electron chi connectivity index (χ1n) is 6.99. The molecule has 0 aromatic carbocycles. The monoisotopic (exact) mass is 237 g/mol. The third-order valence-corrected chi connectivity index (χ3v) is 4.56. The highest BCUT2D eigenvalue weighted by Gasteiger charge is 2.40. The van der Waals surface area contributed by atoms with Crippen molar-refractivity contribution in [1.82, 2.24) is 15.1 Å². The van der Waals surface area contributed by atoms with E-state index in [0.29, 0.717) is 17.9 Å². The highest BCUT2D eigenvalue weighted by Crippen LogP contribution is 2.38. The predicted octanol–water partition coefficient (Wildman–Crippen LogP) is 0.149. The lowest BCUT2D eigenvalue weighted by Crippen LogP contribution is -2.64. The fraction of sp³-hybridized carbons (Fsp3) is 0.923. The molecule has 3 rings (SSSR count). The van der Waals surface area contributed by atoms with Gasteiger partial charge in [-0.15, -0.1) is 0 Å². The van der Waals surface area contributed by atoms with E-state index in [9.17, 15) is 4.79 Å². The quantitative estimate of drug-likeness (QED) is 0.759. The zero-order valence-corrected chi connectivity index (χ0v) is 10.7. The van der Waals surface area contributed by atoms with Crippen LogP contribution in [0.3, 0.4) is 0 Å². The molecule has 3 fully saturated rings. The van der Waals surface area contributed by atoms with E-state index in [2.05, 4.69) is 22.0 Å². The Bertz CT molecular complexity index is 291. The highest BCUT2D eigenvalue weighted by molar-refractivity contribution is 5.80. The van der Waals surface area contributed by atoms with Gasteiger partial charge in [0.05, 0.1) is 0 Å². The molecule has 3 aliphatic rings. The van der Waals surface area contributed by atoms with Crippen LogP contribution in [0, 0.1) is 11.8 Å². The Morgan fingerprint density at radius 1 is 1.24 bits per heavy atom. The second-order valence-corrected chi connectivity index (χ2v) is 5.81. The molecule has 0 spiro atoms. The van der Waals surface area contributed by atoms with Gasteiger partial charge in [0.15, 0.2) is 0 Å². The summed E-state index contributed by atoms with van der Waals surface area (Å²) in [6.45, 7) is 8.53. The standard InChI is InChI=1S/C13H23N3O/c1-10(11-2-3-11)13(17)16-8-12(9-16)15-6-4-14-5-7-15/h10-12,14H,2-9H2,1H3. The molecule has 2 aliphatic heterocycles. The summed E-state index contributed by atoms with van der Waals surface area (Å²) in [5.74, 6) is 1.37. The summed E-state index contributed by atoms with van der Waals surface area (Å²) in [4.78, 5) is 16.7. The molecule has 1 unspecified atom stereocenters. The molecule has 2 saturated heterocycles. The Morgan fingerprint density at radius 3 is 2.47 bits per heavy atom. The second kappa shape index (κ2) is 4.58. The third-order valence-electron chi connectivity index (χ3n) is 4.56. The first-order valence-corrected chi connectivity index (χ1v) is 6.99. The van der Waals surface area contributed by atoms with Crippen LogP contribution >= 0.6 is 0 Å². The molecule has 1 saturated carbocycles. The molecule has 1 atom stereocenters. The molecule has 96 valence electrons. The van der Waals surface area contributed by atoms with Crippen molar-refractivity contribution in [2.45, 2.75) is 25.8 Å². The lowest BCUT2D eigenvalue weighted by atomic mass is 9.99. The number of piperazine rings is 1. The van der Waals surface area contributed by atoms with Gasteiger partial charge in [-0.3, -0.25) is 9.69 Å². The molecule has 4 heteroatoms. The van der Waals surface area contributed by atoms with Gasteiger partial charge in [-0.25, -0.2) is 0 Å². The highest BCUT2D eigenvalue weighted by atomic mass is 16.2. The zero-order valence-electron chi connectivity index (χ0n) is 10.7.